The summed E-state index contributed by atoms with van der Waals surface area (Å²) in [5, 5.41) is 0.739. The van der Waals surface area contributed by atoms with Gasteiger partial charge in [-0.2, -0.15) is 0 Å². The van der Waals surface area contributed by atoms with Crippen molar-refractivity contribution in [2.24, 2.45) is 0 Å². The first-order valence-electron chi connectivity index (χ1n) is 9.12. The Morgan fingerprint density at radius 2 is 1.46 bits per heavy atom. The van der Waals surface area contributed by atoms with Gasteiger partial charge in [0, 0.05) is 22.3 Å². The van der Waals surface area contributed by atoms with Gasteiger partial charge >= 0.3 is 0 Å². The van der Waals surface area contributed by atoms with Crippen molar-refractivity contribution in [3.05, 3.63) is 88.7 Å². The normalized spacial score (nSPS) is 14.0. The van der Waals surface area contributed by atoms with Gasteiger partial charge in [-0.25, -0.2) is 4.98 Å². The number of pyridine rings is 1. The molecule has 0 spiro atoms. The molecule has 128 valence electrons. The van der Waals surface area contributed by atoms with Crippen LogP contribution in [0.2, 0.25) is 5.02 Å². The number of aromatic nitrogens is 1. The van der Waals surface area contributed by atoms with Gasteiger partial charge in [0.05, 0.1) is 0 Å². The van der Waals surface area contributed by atoms with Gasteiger partial charge in [-0.05, 0) is 66.1 Å². The van der Waals surface area contributed by atoms with Crippen LogP contribution in [0.4, 0.5) is 0 Å². The van der Waals surface area contributed by atoms with E-state index in [0.717, 1.165) is 33.3 Å². The minimum Gasteiger partial charge on any atom is -0.247 e. The summed E-state index contributed by atoms with van der Waals surface area (Å²) >= 11 is 5.94. The smallest absolute Gasteiger partial charge is 0.113 e. The summed E-state index contributed by atoms with van der Waals surface area (Å²) in [7, 11) is 0. The highest BCUT2D eigenvalue weighted by Crippen LogP contribution is 2.33. The average Bonchev–Trinajstić information content (AvgIpc) is 3.23. The zero-order valence-electron chi connectivity index (χ0n) is 14.6. The Hall–Kier alpha value is -2.56. The van der Waals surface area contributed by atoms with Crippen LogP contribution in [0.1, 0.15) is 48.4 Å². The van der Waals surface area contributed by atoms with E-state index in [4.69, 9.17) is 11.6 Å². The monoisotopic (exact) mass is 357 g/mol. The van der Waals surface area contributed by atoms with Crippen molar-refractivity contribution in [2.75, 3.05) is 0 Å². The lowest BCUT2D eigenvalue weighted by Crippen LogP contribution is -1.91. The maximum absolute atomic E-state index is 5.94. The van der Waals surface area contributed by atoms with Crippen LogP contribution in [0.5, 0.6) is 0 Å². The van der Waals surface area contributed by atoms with Gasteiger partial charge in [-0.15, -0.1) is 0 Å². The van der Waals surface area contributed by atoms with E-state index in [2.05, 4.69) is 41.1 Å². The van der Waals surface area contributed by atoms with Crippen molar-refractivity contribution in [2.45, 2.75) is 31.6 Å². The quantitative estimate of drug-likeness (QED) is 0.479. The van der Waals surface area contributed by atoms with E-state index < -0.39 is 0 Å². The van der Waals surface area contributed by atoms with Crippen LogP contribution in [0.25, 0.3) is 11.1 Å². The van der Waals surface area contributed by atoms with Crippen LogP contribution in [0.15, 0.2) is 66.9 Å². The standard InChI is InChI=1S/C24H20ClN/c25-23-13-10-21(11-14-23)22-12-16-24(26-17-22)15-7-18-5-8-20(9-6-18)19-3-1-2-4-19/h5-6,8-14,16-17,19H,1-4H2. The molecule has 1 aromatic heterocycles. The Labute approximate surface area is 160 Å². The molecule has 1 aliphatic carbocycles. The Kier molecular flexibility index (Phi) is 5.04. The van der Waals surface area contributed by atoms with Gasteiger partial charge in [0.25, 0.3) is 0 Å². The molecular weight excluding hydrogens is 338 g/mol. The third-order valence-electron chi connectivity index (χ3n) is 5.01. The highest BCUT2D eigenvalue weighted by atomic mass is 35.5. The number of nitrogens with zero attached hydrogens (tertiary/aromatic N) is 1. The van der Waals surface area contributed by atoms with Crippen molar-refractivity contribution in [3.63, 3.8) is 0 Å². The fourth-order valence-corrected chi connectivity index (χ4v) is 3.64. The molecule has 1 saturated carbocycles. The maximum atomic E-state index is 5.94. The van der Waals surface area contributed by atoms with E-state index in [1.807, 2.05) is 42.6 Å². The molecule has 1 fully saturated rings. The van der Waals surface area contributed by atoms with E-state index in [1.165, 1.54) is 31.2 Å². The van der Waals surface area contributed by atoms with Crippen LogP contribution in [-0.4, -0.2) is 4.98 Å². The number of benzene rings is 2. The topological polar surface area (TPSA) is 12.9 Å². The lowest BCUT2D eigenvalue weighted by molar-refractivity contribution is 0.723. The average molecular weight is 358 g/mol. The van der Waals surface area contributed by atoms with Gasteiger partial charge in [-0.3, -0.25) is 0 Å². The van der Waals surface area contributed by atoms with Gasteiger partial charge in [0.15, 0.2) is 0 Å². The first-order valence-corrected chi connectivity index (χ1v) is 9.50. The molecule has 0 amide bonds. The summed E-state index contributed by atoms with van der Waals surface area (Å²) in [5.41, 5.74) is 5.44. The van der Waals surface area contributed by atoms with Crippen molar-refractivity contribution in [1.82, 2.24) is 4.98 Å². The first kappa shape index (κ1) is 16.9. The van der Waals surface area contributed by atoms with Crippen molar-refractivity contribution >= 4 is 11.6 Å². The lowest BCUT2D eigenvalue weighted by atomic mass is 9.97. The summed E-state index contributed by atoms with van der Waals surface area (Å²) in [5.74, 6) is 7.12. The van der Waals surface area contributed by atoms with Crippen LogP contribution in [-0.2, 0) is 0 Å². The minimum absolute atomic E-state index is 0.739. The Balaban J connectivity index is 1.46. The third-order valence-corrected chi connectivity index (χ3v) is 5.27. The molecule has 0 N–H and O–H groups in total. The summed E-state index contributed by atoms with van der Waals surface area (Å²) in [6.45, 7) is 0. The molecule has 3 aromatic rings. The molecule has 1 aliphatic rings. The summed E-state index contributed by atoms with van der Waals surface area (Å²) in [6.07, 6.45) is 7.24. The summed E-state index contributed by atoms with van der Waals surface area (Å²) < 4.78 is 0. The molecule has 2 aromatic carbocycles. The predicted octanol–water partition coefficient (Wildman–Crippen LogP) is 6.46. The SMILES string of the molecule is Clc1ccc(-c2ccc(C#Cc3ccc(C4CCCC4)cc3)nc2)cc1. The lowest BCUT2D eigenvalue weighted by Gasteiger charge is -2.08. The van der Waals surface area contributed by atoms with E-state index in [1.54, 1.807) is 0 Å². The van der Waals surface area contributed by atoms with Gasteiger partial charge in [-0.1, -0.05) is 60.7 Å². The van der Waals surface area contributed by atoms with E-state index in [0.29, 0.717) is 0 Å². The number of halogens is 1. The van der Waals surface area contributed by atoms with Crippen molar-refractivity contribution in [3.8, 4) is 23.0 Å². The van der Waals surface area contributed by atoms with Crippen LogP contribution < -0.4 is 0 Å². The molecule has 0 radical (unpaired) electrons. The van der Waals surface area contributed by atoms with Crippen LogP contribution in [0.3, 0.4) is 0 Å². The Bertz CT molecular complexity index is 923. The molecular formula is C24H20ClN. The highest BCUT2D eigenvalue weighted by Gasteiger charge is 2.16. The second-order valence-corrected chi connectivity index (χ2v) is 7.23. The second-order valence-electron chi connectivity index (χ2n) is 6.79. The number of hydrogen-bond donors (Lipinski definition) is 0. The van der Waals surface area contributed by atoms with Crippen LogP contribution in [0, 0.1) is 11.8 Å². The van der Waals surface area contributed by atoms with E-state index in [-0.39, 0.29) is 0 Å². The third kappa shape index (κ3) is 3.98. The summed E-state index contributed by atoms with van der Waals surface area (Å²) in [4.78, 5) is 4.47. The summed E-state index contributed by atoms with van der Waals surface area (Å²) in [6, 6.07) is 20.5. The molecule has 0 atom stereocenters. The Morgan fingerprint density at radius 1 is 0.769 bits per heavy atom. The highest BCUT2D eigenvalue weighted by molar-refractivity contribution is 6.30. The maximum Gasteiger partial charge on any atom is 0.113 e. The molecule has 26 heavy (non-hydrogen) atoms. The number of rotatable bonds is 2. The zero-order chi connectivity index (χ0) is 17.8. The molecule has 1 heterocycles. The minimum atomic E-state index is 0.739. The predicted molar refractivity (Wildman–Crippen MR) is 108 cm³/mol. The second kappa shape index (κ2) is 7.77. The zero-order valence-corrected chi connectivity index (χ0v) is 15.3. The molecule has 2 heteroatoms. The fourth-order valence-electron chi connectivity index (χ4n) is 3.51. The van der Waals surface area contributed by atoms with Crippen molar-refractivity contribution < 1.29 is 0 Å². The molecule has 0 saturated heterocycles. The van der Waals surface area contributed by atoms with Crippen molar-refractivity contribution in [1.29, 1.82) is 0 Å². The van der Waals surface area contributed by atoms with Gasteiger partial charge in [0.2, 0.25) is 0 Å². The Morgan fingerprint density at radius 3 is 2.12 bits per heavy atom. The van der Waals surface area contributed by atoms with Gasteiger partial charge in [0.1, 0.15) is 5.69 Å². The molecule has 0 unspecified atom stereocenters. The molecule has 0 aliphatic heterocycles. The molecule has 4 rings (SSSR count). The van der Waals surface area contributed by atoms with E-state index in [9.17, 15) is 0 Å². The molecule has 1 nitrogen and oxygen atoms in total. The first-order chi connectivity index (χ1) is 12.8. The largest absolute Gasteiger partial charge is 0.247 e. The number of hydrogen-bond acceptors (Lipinski definition) is 1. The van der Waals surface area contributed by atoms with E-state index >= 15 is 0 Å². The molecule has 0 bridgehead atoms. The van der Waals surface area contributed by atoms with Gasteiger partial charge < -0.3 is 0 Å². The fraction of sp³-hybridized carbons (Fsp3) is 0.208. The van der Waals surface area contributed by atoms with Crippen LogP contribution >= 0.6 is 11.6 Å².